The van der Waals surface area contributed by atoms with Crippen molar-refractivity contribution in [2.75, 3.05) is 0 Å². The van der Waals surface area contributed by atoms with Crippen molar-refractivity contribution in [2.45, 2.75) is 19.9 Å². The van der Waals surface area contributed by atoms with Crippen LogP contribution in [0.1, 0.15) is 30.0 Å². The fourth-order valence-electron chi connectivity index (χ4n) is 3.46. The molecule has 0 saturated carbocycles. The Morgan fingerprint density at radius 1 is 1.00 bits per heavy atom. The zero-order chi connectivity index (χ0) is 18.1. The Morgan fingerprint density at radius 2 is 1.77 bits per heavy atom. The van der Waals surface area contributed by atoms with Crippen LogP contribution >= 0.6 is 23.2 Å². The molecular weight excluding hydrogens is 363 g/mol. The van der Waals surface area contributed by atoms with E-state index in [0.717, 1.165) is 28.6 Å². The van der Waals surface area contributed by atoms with Gasteiger partial charge in [-0.3, -0.25) is 0 Å². The van der Waals surface area contributed by atoms with E-state index < -0.39 is 0 Å². The normalized spacial score (nSPS) is 15.0. The number of aromatic nitrogens is 2. The molecule has 1 heterocycles. The highest BCUT2D eigenvalue weighted by atomic mass is 35.5. The maximum Gasteiger partial charge on any atom is 0.0946 e. The summed E-state index contributed by atoms with van der Waals surface area (Å²) in [6.07, 6.45) is 8.82. The van der Waals surface area contributed by atoms with E-state index in [-0.39, 0.29) is 0 Å². The minimum Gasteiger partial charge on any atom is -0.337 e. The molecular formula is C22H18Cl2N2. The fourth-order valence-corrected chi connectivity index (χ4v) is 3.76. The van der Waals surface area contributed by atoms with Crippen molar-refractivity contribution in [1.29, 1.82) is 0 Å². The van der Waals surface area contributed by atoms with E-state index >= 15 is 0 Å². The third-order valence-electron chi connectivity index (χ3n) is 4.81. The summed E-state index contributed by atoms with van der Waals surface area (Å²) in [6, 6.07) is 14.1. The third kappa shape index (κ3) is 3.35. The van der Waals surface area contributed by atoms with Crippen LogP contribution in [0.5, 0.6) is 0 Å². The predicted octanol–water partition coefficient (Wildman–Crippen LogP) is 6.61. The van der Waals surface area contributed by atoms with Gasteiger partial charge in [0.05, 0.1) is 6.33 Å². The van der Waals surface area contributed by atoms with Crippen LogP contribution in [0.3, 0.4) is 0 Å². The van der Waals surface area contributed by atoms with Crippen molar-refractivity contribution in [3.8, 4) is 0 Å². The second kappa shape index (κ2) is 7.14. The Bertz CT molecular complexity index is 997. The Kier molecular flexibility index (Phi) is 4.71. The highest BCUT2D eigenvalue weighted by Crippen LogP contribution is 2.44. The molecule has 0 amide bonds. The van der Waals surface area contributed by atoms with Gasteiger partial charge in [0, 0.05) is 29.0 Å². The van der Waals surface area contributed by atoms with Crippen molar-refractivity contribution in [3.05, 3.63) is 93.5 Å². The van der Waals surface area contributed by atoms with Gasteiger partial charge in [-0.15, -0.1) is 0 Å². The molecule has 2 nitrogen and oxygen atoms in total. The minimum absolute atomic E-state index is 0.749. The minimum atomic E-state index is 0.749. The molecule has 0 fully saturated rings. The maximum atomic E-state index is 6.29. The quantitative estimate of drug-likeness (QED) is 0.497. The van der Waals surface area contributed by atoms with Crippen LogP contribution in [0.2, 0.25) is 10.0 Å². The Hall–Kier alpha value is -2.29. The molecule has 0 N–H and O–H groups in total. The molecule has 4 heteroatoms. The van der Waals surface area contributed by atoms with E-state index in [1.54, 1.807) is 0 Å². The summed E-state index contributed by atoms with van der Waals surface area (Å²) >= 11 is 12.3. The number of rotatable bonds is 4. The van der Waals surface area contributed by atoms with Crippen molar-refractivity contribution >= 4 is 40.4 Å². The van der Waals surface area contributed by atoms with Crippen molar-refractivity contribution in [3.63, 3.8) is 0 Å². The molecule has 130 valence electrons. The first-order valence-electron chi connectivity index (χ1n) is 8.55. The average molecular weight is 381 g/mol. The van der Waals surface area contributed by atoms with E-state index in [1.165, 1.54) is 27.8 Å². The molecule has 0 radical (unpaired) electrons. The number of fused-ring (bicyclic) bond motifs is 1. The Labute approximate surface area is 163 Å². The molecule has 4 rings (SSSR count). The van der Waals surface area contributed by atoms with E-state index in [9.17, 15) is 0 Å². The van der Waals surface area contributed by atoms with Gasteiger partial charge in [0.25, 0.3) is 0 Å². The number of allylic oxidation sites excluding steroid dienone is 3. The van der Waals surface area contributed by atoms with Gasteiger partial charge in [-0.05, 0) is 77.1 Å². The van der Waals surface area contributed by atoms with Gasteiger partial charge in [-0.25, -0.2) is 4.98 Å². The maximum absolute atomic E-state index is 6.29. The molecule has 1 aromatic heterocycles. The molecule has 0 bridgehead atoms. The predicted molar refractivity (Wildman–Crippen MR) is 110 cm³/mol. The molecule has 2 aromatic carbocycles. The van der Waals surface area contributed by atoms with Crippen LogP contribution < -0.4 is 0 Å². The molecule has 1 aliphatic carbocycles. The summed E-state index contributed by atoms with van der Waals surface area (Å²) < 4.78 is 2.10. The highest BCUT2D eigenvalue weighted by molar-refractivity contribution is 6.31. The van der Waals surface area contributed by atoms with Gasteiger partial charge in [-0.2, -0.15) is 0 Å². The molecule has 26 heavy (non-hydrogen) atoms. The molecule has 1 aliphatic rings. The number of benzene rings is 2. The molecule has 0 unspecified atom stereocenters. The smallest absolute Gasteiger partial charge is 0.0946 e. The lowest BCUT2D eigenvalue weighted by molar-refractivity contribution is 0.716. The number of aryl methyl sites for hydroxylation is 1. The number of imidazole rings is 1. The van der Waals surface area contributed by atoms with Crippen LogP contribution in [0.25, 0.3) is 17.2 Å². The van der Waals surface area contributed by atoms with E-state index in [4.69, 9.17) is 23.2 Å². The van der Waals surface area contributed by atoms with Crippen molar-refractivity contribution < 1.29 is 0 Å². The molecule has 0 aliphatic heterocycles. The summed E-state index contributed by atoms with van der Waals surface area (Å²) in [5.41, 5.74) is 7.51. The van der Waals surface area contributed by atoms with E-state index in [0.29, 0.717) is 0 Å². The van der Waals surface area contributed by atoms with Gasteiger partial charge in [0.1, 0.15) is 0 Å². The van der Waals surface area contributed by atoms with Gasteiger partial charge >= 0.3 is 0 Å². The lowest BCUT2D eigenvalue weighted by Gasteiger charge is -2.07. The van der Waals surface area contributed by atoms with Gasteiger partial charge < -0.3 is 4.57 Å². The monoisotopic (exact) mass is 380 g/mol. The molecule has 3 aromatic rings. The number of hydrogen-bond donors (Lipinski definition) is 0. The van der Waals surface area contributed by atoms with Crippen molar-refractivity contribution in [1.82, 2.24) is 9.55 Å². The fraction of sp³-hybridized carbons (Fsp3) is 0.136. The standard InChI is InChI=1S/C22H18Cl2N2/c1-15-19(8-10-26-11-9-25-14-26)22-13-18(24)6-7-20(22)21(15)12-16-2-4-17(23)5-3-16/h2-7,9,11-14H,8,10H2,1H3/b21-12-. The van der Waals surface area contributed by atoms with E-state index in [1.807, 2.05) is 49.1 Å². The largest absolute Gasteiger partial charge is 0.337 e. The first-order valence-corrected chi connectivity index (χ1v) is 9.31. The van der Waals surface area contributed by atoms with Crippen LogP contribution in [0, 0.1) is 0 Å². The Balaban J connectivity index is 1.75. The zero-order valence-electron chi connectivity index (χ0n) is 14.4. The number of nitrogens with zero attached hydrogens (tertiary/aromatic N) is 2. The number of halogens is 2. The lowest BCUT2D eigenvalue weighted by Crippen LogP contribution is -1.96. The van der Waals surface area contributed by atoms with E-state index in [2.05, 4.69) is 34.7 Å². The first-order chi connectivity index (χ1) is 12.6. The first kappa shape index (κ1) is 17.1. The van der Waals surface area contributed by atoms with Crippen LogP contribution in [0.15, 0.2) is 66.8 Å². The summed E-state index contributed by atoms with van der Waals surface area (Å²) in [6.45, 7) is 3.09. The average Bonchev–Trinajstić information content (AvgIpc) is 3.23. The summed E-state index contributed by atoms with van der Waals surface area (Å²) in [7, 11) is 0. The SMILES string of the molecule is CC1=C(CCn2ccnc2)c2cc(Cl)ccc2/C1=C\c1ccc(Cl)cc1. The van der Waals surface area contributed by atoms with Gasteiger partial charge in [0.15, 0.2) is 0 Å². The van der Waals surface area contributed by atoms with Crippen LogP contribution in [0.4, 0.5) is 0 Å². The number of hydrogen-bond acceptors (Lipinski definition) is 1. The van der Waals surface area contributed by atoms with Crippen LogP contribution in [-0.2, 0) is 6.54 Å². The summed E-state index contributed by atoms with van der Waals surface area (Å²) in [4.78, 5) is 4.13. The second-order valence-electron chi connectivity index (χ2n) is 6.45. The van der Waals surface area contributed by atoms with Crippen LogP contribution in [-0.4, -0.2) is 9.55 Å². The van der Waals surface area contributed by atoms with Gasteiger partial charge in [0.2, 0.25) is 0 Å². The topological polar surface area (TPSA) is 17.8 Å². The third-order valence-corrected chi connectivity index (χ3v) is 5.30. The molecule has 0 atom stereocenters. The Morgan fingerprint density at radius 3 is 2.50 bits per heavy atom. The second-order valence-corrected chi connectivity index (χ2v) is 7.33. The summed E-state index contributed by atoms with van der Waals surface area (Å²) in [5.74, 6) is 0. The van der Waals surface area contributed by atoms with Crippen molar-refractivity contribution in [2.24, 2.45) is 0 Å². The zero-order valence-corrected chi connectivity index (χ0v) is 15.9. The molecule has 0 saturated heterocycles. The van der Waals surface area contributed by atoms with Gasteiger partial charge in [-0.1, -0.05) is 41.4 Å². The summed E-state index contributed by atoms with van der Waals surface area (Å²) in [5, 5.41) is 1.52. The highest BCUT2D eigenvalue weighted by Gasteiger charge is 2.23. The molecule has 0 spiro atoms. The lowest BCUT2D eigenvalue weighted by atomic mass is 10.0.